The predicted octanol–water partition coefficient (Wildman–Crippen LogP) is 5.45. The molecule has 4 saturated carbocycles. The summed E-state index contributed by atoms with van der Waals surface area (Å²) in [5.74, 6) is 0.798. The maximum Gasteiger partial charge on any atom is 0.305 e. The van der Waals surface area contributed by atoms with E-state index in [-0.39, 0.29) is 40.6 Å². The van der Waals surface area contributed by atoms with Crippen molar-refractivity contribution in [2.45, 2.75) is 117 Å². The van der Waals surface area contributed by atoms with Gasteiger partial charge in [0.15, 0.2) is 5.79 Å². The number of rotatable bonds is 7. The van der Waals surface area contributed by atoms with Crippen LogP contribution in [0.1, 0.15) is 98.8 Å². The molecule has 0 radical (unpaired) electrons. The Morgan fingerprint density at radius 1 is 0.875 bits per heavy atom. The molecular weight excluding hydrogens is 512 g/mol. The number of fused-ring (bicyclic) bond motifs is 6. The van der Waals surface area contributed by atoms with E-state index in [9.17, 15) is 14.4 Å². The van der Waals surface area contributed by atoms with E-state index < -0.39 is 18.0 Å². The highest BCUT2D eigenvalue weighted by Crippen LogP contribution is 2.71. The number of esters is 3. The predicted molar refractivity (Wildman–Crippen MR) is 147 cm³/mol. The molecule has 1 aliphatic heterocycles. The number of carbonyl (C=O) groups excluding carboxylic acids is 3. The first kappa shape index (κ1) is 29.8. The second-order valence-corrected chi connectivity index (χ2v) is 14.0. The minimum atomic E-state index is -0.694. The zero-order chi connectivity index (χ0) is 28.9. The van der Waals surface area contributed by atoms with Crippen molar-refractivity contribution in [2.75, 3.05) is 20.3 Å². The first-order valence-corrected chi connectivity index (χ1v) is 15.6. The topological polar surface area (TPSA) is 97.4 Å². The molecular formula is C32H50O8. The van der Waals surface area contributed by atoms with Gasteiger partial charge in [-0.2, -0.15) is 0 Å². The highest BCUT2D eigenvalue weighted by Gasteiger charge is 2.70. The van der Waals surface area contributed by atoms with E-state index >= 15 is 0 Å². The second-order valence-electron chi connectivity index (χ2n) is 14.0. The molecule has 0 bridgehead atoms. The highest BCUT2D eigenvalue weighted by atomic mass is 16.7. The third-order valence-electron chi connectivity index (χ3n) is 12.1. The Labute approximate surface area is 239 Å². The van der Waals surface area contributed by atoms with Crippen molar-refractivity contribution in [2.24, 2.45) is 46.3 Å². The molecule has 1 spiro atoms. The number of carbonyl (C=O) groups is 3. The van der Waals surface area contributed by atoms with E-state index in [4.69, 9.17) is 23.7 Å². The standard InChI is InChI=1S/C32H50O8/c1-19(8-7-9-27(35)36-6)22-10-11-23-28-24(12-14-30(22,23)4)31(5)15-13-26(39-20(2)33)29(40-21(3)34)25(31)18-32(28)37-16-17-38-32/h19,22-26,28-29H,7-18H2,1-6H3/t19-,22-,23+,24+,25?,26+,28+,29-,30-,31-/m1/s1. The van der Waals surface area contributed by atoms with Crippen molar-refractivity contribution in [3.63, 3.8) is 0 Å². The van der Waals surface area contributed by atoms with Crippen LogP contribution >= 0.6 is 0 Å². The van der Waals surface area contributed by atoms with Gasteiger partial charge in [0.25, 0.3) is 0 Å². The highest BCUT2D eigenvalue weighted by molar-refractivity contribution is 5.69. The number of ether oxygens (including phenoxy) is 5. The molecule has 226 valence electrons. The molecule has 8 nitrogen and oxygen atoms in total. The molecule has 8 heteroatoms. The van der Waals surface area contributed by atoms with Crippen molar-refractivity contribution < 1.29 is 38.1 Å². The zero-order valence-corrected chi connectivity index (χ0v) is 25.4. The van der Waals surface area contributed by atoms with Crippen LogP contribution in [0.15, 0.2) is 0 Å². The van der Waals surface area contributed by atoms with Crippen molar-refractivity contribution in [3.8, 4) is 0 Å². The molecule has 0 aromatic carbocycles. The summed E-state index contributed by atoms with van der Waals surface area (Å²) in [4.78, 5) is 36.0. The SMILES string of the molecule is COC(=O)CCC[C@@H](C)[C@H]1CC[C@H]2[C@H]3[C@H](CC[C@]12C)[C@@]1(C)CC[C@H](OC(C)=O)[C@H](OC(C)=O)C1CC31OCCO1. The van der Waals surface area contributed by atoms with E-state index in [1.807, 2.05) is 0 Å². The molecule has 5 rings (SSSR count). The summed E-state index contributed by atoms with van der Waals surface area (Å²) >= 11 is 0. The van der Waals surface area contributed by atoms with Gasteiger partial charge >= 0.3 is 17.9 Å². The lowest BCUT2D eigenvalue weighted by molar-refractivity contribution is -0.313. The quantitative estimate of drug-likeness (QED) is 0.298. The molecule has 0 aromatic heterocycles. The smallest absolute Gasteiger partial charge is 0.305 e. The average Bonchev–Trinajstić information content (AvgIpc) is 3.50. The van der Waals surface area contributed by atoms with Gasteiger partial charge in [-0.25, -0.2) is 0 Å². The average molecular weight is 563 g/mol. The van der Waals surface area contributed by atoms with E-state index in [0.29, 0.717) is 56.1 Å². The Morgan fingerprint density at radius 2 is 1.52 bits per heavy atom. The van der Waals surface area contributed by atoms with Crippen LogP contribution in [0.3, 0.4) is 0 Å². The number of methoxy groups -OCH3 is 1. The van der Waals surface area contributed by atoms with Crippen LogP contribution in [0.25, 0.3) is 0 Å². The summed E-state index contributed by atoms with van der Waals surface area (Å²) in [5, 5.41) is 0. The third kappa shape index (κ3) is 4.99. The van der Waals surface area contributed by atoms with E-state index in [1.165, 1.54) is 33.8 Å². The first-order valence-electron chi connectivity index (χ1n) is 15.6. The fraction of sp³-hybridized carbons (Fsp3) is 0.906. The Balaban J connectivity index is 1.44. The molecule has 1 saturated heterocycles. The molecule has 40 heavy (non-hydrogen) atoms. The van der Waals surface area contributed by atoms with Crippen molar-refractivity contribution in [1.82, 2.24) is 0 Å². The van der Waals surface area contributed by atoms with Crippen LogP contribution in [0.2, 0.25) is 0 Å². The van der Waals surface area contributed by atoms with Gasteiger partial charge in [-0.05, 0) is 85.9 Å². The Morgan fingerprint density at radius 3 is 2.17 bits per heavy atom. The van der Waals surface area contributed by atoms with Crippen LogP contribution in [0.5, 0.6) is 0 Å². The zero-order valence-electron chi connectivity index (χ0n) is 25.4. The minimum absolute atomic E-state index is 0.00680. The summed E-state index contributed by atoms with van der Waals surface area (Å²) in [5.41, 5.74) is 0.134. The largest absolute Gasteiger partial charge is 0.469 e. The minimum Gasteiger partial charge on any atom is -0.469 e. The van der Waals surface area contributed by atoms with E-state index in [0.717, 1.165) is 32.1 Å². The van der Waals surface area contributed by atoms with Crippen LogP contribution in [-0.2, 0) is 38.1 Å². The lowest BCUT2D eigenvalue weighted by Crippen LogP contribution is -2.67. The summed E-state index contributed by atoms with van der Waals surface area (Å²) in [6.45, 7) is 11.3. The first-order chi connectivity index (χ1) is 18.9. The molecule has 0 aromatic rings. The molecule has 0 amide bonds. The van der Waals surface area contributed by atoms with Gasteiger partial charge in [0.2, 0.25) is 0 Å². The van der Waals surface area contributed by atoms with Gasteiger partial charge in [0.1, 0.15) is 12.2 Å². The molecule has 1 heterocycles. The molecule has 0 N–H and O–H groups in total. The fourth-order valence-electron chi connectivity index (χ4n) is 10.5. The summed E-state index contributed by atoms with van der Waals surface area (Å²) in [6, 6.07) is 0. The molecule has 4 aliphatic carbocycles. The Hall–Kier alpha value is -1.67. The maximum atomic E-state index is 12.3. The Kier molecular flexibility index (Phi) is 8.35. The Bertz CT molecular complexity index is 974. The summed E-state index contributed by atoms with van der Waals surface area (Å²) in [7, 11) is 1.46. The lowest BCUT2D eigenvalue weighted by Gasteiger charge is -2.66. The van der Waals surface area contributed by atoms with Gasteiger partial charge in [0, 0.05) is 38.5 Å². The molecule has 10 atom stereocenters. The summed E-state index contributed by atoms with van der Waals surface area (Å²) in [6.07, 6.45) is 8.37. The van der Waals surface area contributed by atoms with Crippen molar-refractivity contribution >= 4 is 17.9 Å². The van der Waals surface area contributed by atoms with Crippen LogP contribution in [0, 0.1) is 46.3 Å². The van der Waals surface area contributed by atoms with Gasteiger partial charge in [0.05, 0.1) is 20.3 Å². The number of hydrogen-bond acceptors (Lipinski definition) is 8. The third-order valence-corrected chi connectivity index (χ3v) is 12.1. The molecule has 5 fully saturated rings. The van der Waals surface area contributed by atoms with Crippen molar-refractivity contribution in [3.05, 3.63) is 0 Å². The monoisotopic (exact) mass is 562 g/mol. The summed E-state index contributed by atoms with van der Waals surface area (Å²) < 4.78 is 29.9. The van der Waals surface area contributed by atoms with Gasteiger partial charge < -0.3 is 23.7 Å². The maximum absolute atomic E-state index is 12.3. The normalized spacial score (nSPS) is 42.3. The van der Waals surface area contributed by atoms with Crippen LogP contribution in [-0.4, -0.2) is 56.2 Å². The number of hydrogen-bond donors (Lipinski definition) is 0. The van der Waals surface area contributed by atoms with Gasteiger partial charge in [-0.15, -0.1) is 0 Å². The second kappa shape index (κ2) is 11.2. The van der Waals surface area contributed by atoms with Crippen molar-refractivity contribution in [1.29, 1.82) is 0 Å². The molecule has 1 unspecified atom stereocenters. The fourth-order valence-corrected chi connectivity index (χ4v) is 10.5. The van der Waals surface area contributed by atoms with Crippen LogP contribution < -0.4 is 0 Å². The van der Waals surface area contributed by atoms with E-state index in [1.54, 1.807) is 0 Å². The van der Waals surface area contributed by atoms with E-state index in [2.05, 4.69) is 20.8 Å². The molecule has 5 aliphatic rings. The van der Waals surface area contributed by atoms with Gasteiger partial charge in [-0.1, -0.05) is 20.8 Å². The lowest BCUT2D eigenvalue weighted by atomic mass is 9.42. The van der Waals surface area contributed by atoms with Gasteiger partial charge in [-0.3, -0.25) is 14.4 Å². The van der Waals surface area contributed by atoms with Crippen LogP contribution in [0.4, 0.5) is 0 Å².